The molecule has 2 radical (unpaired) electrons. The molecule has 2 aliphatic carbocycles. The van der Waals surface area contributed by atoms with Crippen LogP contribution >= 0.6 is 0 Å². The zero-order valence-corrected chi connectivity index (χ0v) is 49.0. The first-order valence-corrected chi connectivity index (χ1v) is 25.3. The quantitative estimate of drug-likeness (QED) is 0.154. The summed E-state index contributed by atoms with van der Waals surface area (Å²) < 4.78 is 0. The number of rotatable bonds is 4. The summed E-state index contributed by atoms with van der Waals surface area (Å²) >= 11 is 0. The summed E-state index contributed by atoms with van der Waals surface area (Å²) in [7, 11) is 0.851. The number of benzene rings is 6. The molecule has 0 aromatic heterocycles. The zero-order chi connectivity index (χ0) is 47.2. The molecule has 3 aliphatic rings. The number of allylic oxidation sites excluding steroid dienone is 2. The molecule has 1 heterocycles. The molecule has 0 spiro atoms. The van der Waals surface area contributed by atoms with E-state index < -0.39 is 0 Å². The molecule has 0 N–H and O–H groups in total. The van der Waals surface area contributed by atoms with Crippen LogP contribution in [-0.2, 0) is 60.7 Å². The van der Waals surface area contributed by atoms with Crippen LogP contribution in [0.15, 0.2) is 132 Å². The van der Waals surface area contributed by atoms with Crippen molar-refractivity contribution in [3.63, 3.8) is 0 Å². The van der Waals surface area contributed by atoms with Gasteiger partial charge in [-0.2, -0.15) is 0 Å². The molecule has 68 heavy (non-hydrogen) atoms. The Morgan fingerprint density at radius 2 is 0.676 bits per heavy atom. The monoisotopic (exact) mass is 1030 g/mol. The third-order valence-electron chi connectivity index (χ3n) is 13.7. The molecule has 354 valence electrons. The fourth-order valence-corrected chi connectivity index (χ4v) is 10.5. The molecule has 0 atom stereocenters. The van der Waals surface area contributed by atoms with E-state index in [2.05, 4.69) is 244 Å². The van der Waals surface area contributed by atoms with Gasteiger partial charge in [-0.15, -0.1) is 0 Å². The van der Waals surface area contributed by atoms with E-state index in [0.29, 0.717) is 11.8 Å². The average Bonchev–Trinajstić information content (AvgIpc) is 3.98. The summed E-state index contributed by atoms with van der Waals surface area (Å²) in [6, 6.07) is 45.5. The molecule has 1 aliphatic heterocycles. The van der Waals surface area contributed by atoms with Gasteiger partial charge in [-0.05, 0) is 124 Å². The van der Waals surface area contributed by atoms with Gasteiger partial charge in [0.05, 0.1) is 0 Å². The van der Waals surface area contributed by atoms with Crippen LogP contribution in [0.4, 0.5) is 0 Å². The minimum atomic E-state index is 0. The van der Waals surface area contributed by atoms with E-state index in [1.165, 1.54) is 88.3 Å². The molecule has 9 rings (SSSR count). The first-order chi connectivity index (χ1) is 30.4. The van der Waals surface area contributed by atoms with Crippen molar-refractivity contribution in [3.05, 3.63) is 177 Å². The first kappa shape index (κ1) is 57.1. The van der Waals surface area contributed by atoms with Crippen molar-refractivity contribution in [2.75, 3.05) is 0 Å². The largest absolute Gasteiger partial charge is 2.00 e. The average molecular weight is 1040 g/mol. The summed E-state index contributed by atoms with van der Waals surface area (Å²) in [5.41, 5.74) is 23.5. The van der Waals surface area contributed by atoms with E-state index in [0.717, 1.165) is 22.4 Å². The van der Waals surface area contributed by atoms with E-state index in [1.807, 2.05) is 0 Å². The Bertz CT molecular complexity index is 2520. The second-order valence-corrected chi connectivity index (χ2v) is 25.0. The maximum atomic E-state index is 2.44. The van der Waals surface area contributed by atoms with Gasteiger partial charge < -0.3 is 24.8 Å². The van der Waals surface area contributed by atoms with Crippen molar-refractivity contribution in [2.24, 2.45) is 11.8 Å². The molecule has 0 saturated heterocycles. The predicted octanol–water partition coefficient (Wildman–Crippen LogP) is 10.4. The normalized spacial score (nSPS) is 13.5. The van der Waals surface area contributed by atoms with Gasteiger partial charge in [-0.1, -0.05) is 266 Å². The molecule has 0 amide bonds. The van der Waals surface area contributed by atoms with Gasteiger partial charge in [-0.25, -0.2) is 0 Å². The van der Waals surface area contributed by atoms with Crippen molar-refractivity contribution in [1.82, 2.24) is 0 Å². The predicted molar refractivity (Wildman–Crippen MR) is 288 cm³/mol. The second kappa shape index (κ2) is 22.3. The fourth-order valence-electron chi connectivity index (χ4n) is 9.13. The molecule has 0 nitrogen and oxygen atoms in total. The maximum absolute atomic E-state index is 2.44. The summed E-state index contributed by atoms with van der Waals surface area (Å²) in [5.74, 6) is 1.22. The first-order valence-electron chi connectivity index (χ1n) is 24.3. The Hall–Kier alpha value is -3.52. The van der Waals surface area contributed by atoms with Crippen LogP contribution in [0.3, 0.4) is 0 Å². The number of halogens is 2. The van der Waals surface area contributed by atoms with Gasteiger partial charge in [0.25, 0.3) is 0 Å². The third-order valence-corrected chi connectivity index (χ3v) is 15.1. The Kier molecular flexibility index (Phi) is 18.7. The van der Waals surface area contributed by atoms with E-state index in [9.17, 15) is 0 Å². The Morgan fingerprint density at radius 1 is 0.382 bits per heavy atom. The SMILES string of the molecule is CC(C)C1=Cc2c(cccc2-c2cc(C(C)(C)C)cc(C(C)(C)C)c2)C1.CC(C)C1=Cc2c(cccc2-c2cc(C(C)(C)C)cc(C(C)(C)C)c2)C1.[Cl-].[Cl-].[Zr+2].c1ccc2c(c1)[Si]c1ccccc1-2. The summed E-state index contributed by atoms with van der Waals surface area (Å²) in [4.78, 5) is 0. The van der Waals surface area contributed by atoms with E-state index in [1.54, 1.807) is 11.1 Å². The fraction of sp³-hybridized carbons (Fsp3) is 0.375. The van der Waals surface area contributed by atoms with Crippen LogP contribution in [0.5, 0.6) is 0 Å². The van der Waals surface area contributed by atoms with Crippen LogP contribution in [0.1, 0.15) is 155 Å². The zero-order valence-electron chi connectivity index (χ0n) is 44.0. The number of hydrogen-bond acceptors (Lipinski definition) is 0. The van der Waals surface area contributed by atoms with Crippen LogP contribution in [0, 0.1) is 11.8 Å². The van der Waals surface area contributed by atoms with Gasteiger partial charge in [0.2, 0.25) is 0 Å². The molecular weight excluding hydrogens is 959 g/mol. The van der Waals surface area contributed by atoms with Crippen LogP contribution in [0.2, 0.25) is 0 Å². The molecular formula is C64H76Cl2SiZr. The van der Waals surface area contributed by atoms with Gasteiger partial charge >= 0.3 is 26.2 Å². The van der Waals surface area contributed by atoms with Crippen LogP contribution in [-0.4, -0.2) is 9.52 Å². The number of hydrogen-bond donors (Lipinski definition) is 0. The smallest absolute Gasteiger partial charge is 1.00 e. The molecule has 0 fully saturated rings. The van der Waals surface area contributed by atoms with Gasteiger partial charge in [0, 0.05) is 0 Å². The van der Waals surface area contributed by atoms with Gasteiger partial charge in [0.15, 0.2) is 0 Å². The maximum Gasteiger partial charge on any atom is 2.00 e. The molecule has 0 unspecified atom stereocenters. The van der Waals surface area contributed by atoms with E-state index >= 15 is 0 Å². The summed E-state index contributed by atoms with van der Waals surface area (Å²) in [6.45, 7) is 36.9. The van der Waals surface area contributed by atoms with Gasteiger partial charge in [0.1, 0.15) is 9.52 Å². The van der Waals surface area contributed by atoms with Crippen molar-refractivity contribution in [2.45, 2.75) is 145 Å². The summed E-state index contributed by atoms with van der Waals surface area (Å²) in [6.07, 6.45) is 7.09. The van der Waals surface area contributed by atoms with E-state index in [4.69, 9.17) is 0 Å². The van der Waals surface area contributed by atoms with Crippen LogP contribution < -0.4 is 35.2 Å². The van der Waals surface area contributed by atoms with E-state index in [-0.39, 0.29) is 72.7 Å². The topological polar surface area (TPSA) is 0 Å². The summed E-state index contributed by atoms with van der Waals surface area (Å²) in [5, 5.41) is 2.98. The molecule has 6 aromatic rings. The standard InChI is InChI=1S/2C26H34.C12H8Si.2ClH.Zr/c2*1-17(2)19-12-18-10-9-11-23(24(18)15-19)20-13-21(25(3,4)5)16-22(14-20)26(6,7)8;1-3-7-11-9(5-1)10-6-2-4-8-12(10)13-11;;;/h2*9-11,13-17H,12H2,1-8H3;1-8H;2*1H;/q;;;;;+2/p-2. The van der Waals surface area contributed by atoms with Gasteiger partial charge in [-0.3, -0.25) is 0 Å². The Balaban J connectivity index is 0.000000228. The minimum absolute atomic E-state index is 0. The number of fused-ring (bicyclic) bond motifs is 5. The van der Waals surface area contributed by atoms with Crippen LogP contribution in [0.25, 0.3) is 45.5 Å². The molecule has 6 aromatic carbocycles. The Morgan fingerprint density at radius 3 is 0.971 bits per heavy atom. The minimum Gasteiger partial charge on any atom is -1.00 e. The van der Waals surface area contributed by atoms with Crippen molar-refractivity contribution < 1.29 is 51.0 Å². The second-order valence-electron chi connectivity index (χ2n) is 23.7. The Labute approximate surface area is 447 Å². The van der Waals surface area contributed by atoms with Crippen molar-refractivity contribution in [3.8, 4) is 33.4 Å². The molecule has 0 saturated carbocycles. The molecule has 0 bridgehead atoms. The molecule has 4 heteroatoms. The van der Waals surface area contributed by atoms with Crippen molar-refractivity contribution >= 4 is 32.0 Å². The van der Waals surface area contributed by atoms with Crippen molar-refractivity contribution in [1.29, 1.82) is 0 Å². The third kappa shape index (κ3) is 13.1.